The molecule has 0 radical (unpaired) electrons. The van der Waals surface area contributed by atoms with Crippen molar-refractivity contribution in [2.75, 3.05) is 23.9 Å². The Kier molecular flexibility index (Phi) is 4.86. The van der Waals surface area contributed by atoms with Crippen LogP contribution >= 0.6 is 11.8 Å². The van der Waals surface area contributed by atoms with E-state index >= 15 is 0 Å². The Hall–Kier alpha value is -0.950. The minimum absolute atomic E-state index is 0.103. The molecule has 0 aliphatic rings. The predicted molar refractivity (Wildman–Crippen MR) is 66.7 cm³/mol. The molecule has 102 valence electrons. The van der Waals surface area contributed by atoms with Gasteiger partial charge in [-0.3, -0.25) is 0 Å². The Morgan fingerprint density at radius 3 is 2.61 bits per heavy atom. The fourth-order valence-corrected chi connectivity index (χ4v) is 2.06. The van der Waals surface area contributed by atoms with Crippen LogP contribution in [-0.2, 0) is 6.18 Å². The number of pyridine rings is 1. The number of hydrogen-bond donors (Lipinski definition) is 2. The van der Waals surface area contributed by atoms with Crippen LogP contribution < -0.4 is 5.32 Å². The van der Waals surface area contributed by atoms with Gasteiger partial charge in [-0.05, 0) is 25.3 Å². The number of nitrogens with one attached hydrogen (secondary N) is 1. The first-order valence-electron chi connectivity index (χ1n) is 5.24. The SMILES string of the molecule is CSC[C@](C)(O)CNc1cccc(C(F)(F)F)n1. The zero-order valence-electron chi connectivity index (χ0n) is 10.1. The first-order valence-corrected chi connectivity index (χ1v) is 6.63. The Morgan fingerprint density at radius 1 is 1.39 bits per heavy atom. The summed E-state index contributed by atoms with van der Waals surface area (Å²) in [5.41, 5.74) is -1.94. The van der Waals surface area contributed by atoms with Crippen LogP contribution in [0.2, 0.25) is 0 Å². The van der Waals surface area contributed by atoms with Gasteiger partial charge in [-0.15, -0.1) is 0 Å². The summed E-state index contributed by atoms with van der Waals surface area (Å²) in [4.78, 5) is 3.45. The van der Waals surface area contributed by atoms with E-state index in [1.165, 1.54) is 23.9 Å². The van der Waals surface area contributed by atoms with Crippen LogP contribution in [0.4, 0.5) is 19.0 Å². The summed E-state index contributed by atoms with van der Waals surface area (Å²) in [6, 6.07) is 3.62. The summed E-state index contributed by atoms with van der Waals surface area (Å²) in [6.07, 6.45) is -2.61. The molecule has 1 rings (SSSR count). The monoisotopic (exact) mass is 280 g/mol. The zero-order valence-corrected chi connectivity index (χ0v) is 10.9. The van der Waals surface area contributed by atoms with Crippen LogP contribution in [-0.4, -0.2) is 34.2 Å². The summed E-state index contributed by atoms with van der Waals surface area (Å²) in [6.45, 7) is 1.76. The lowest BCUT2D eigenvalue weighted by atomic mass is 10.1. The van der Waals surface area contributed by atoms with Gasteiger partial charge in [0.15, 0.2) is 0 Å². The Bertz CT molecular complexity index is 396. The molecule has 0 amide bonds. The van der Waals surface area contributed by atoms with Gasteiger partial charge in [0, 0.05) is 12.3 Å². The van der Waals surface area contributed by atoms with Gasteiger partial charge >= 0.3 is 6.18 Å². The van der Waals surface area contributed by atoms with E-state index < -0.39 is 17.5 Å². The van der Waals surface area contributed by atoms with Gasteiger partial charge in [0.05, 0.1) is 5.60 Å². The first kappa shape index (κ1) is 15.1. The van der Waals surface area contributed by atoms with Gasteiger partial charge in [0.1, 0.15) is 11.5 Å². The molecule has 3 nitrogen and oxygen atoms in total. The molecule has 0 aliphatic heterocycles. The van der Waals surface area contributed by atoms with Crippen LogP contribution in [0.15, 0.2) is 18.2 Å². The fraction of sp³-hybridized carbons (Fsp3) is 0.545. The van der Waals surface area contributed by atoms with Crippen molar-refractivity contribution in [2.24, 2.45) is 0 Å². The summed E-state index contributed by atoms with van der Waals surface area (Å²) in [5, 5.41) is 12.6. The number of rotatable bonds is 5. The summed E-state index contributed by atoms with van der Waals surface area (Å²) in [5.74, 6) is 0.588. The lowest BCUT2D eigenvalue weighted by molar-refractivity contribution is -0.141. The maximum absolute atomic E-state index is 12.4. The average molecular weight is 280 g/mol. The van der Waals surface area contributed by atoms with Gasteiger partial charge in [-0.25, -0.2) is 4.98 Å². The second-order valence-corrected chi connectivity index (χ2v) is 5.06. The van der Waals surface area contributed by atoms with E-state index in [0.29, 0.717) is 5.75 Å². The van der Waals surface area contributed by atoms with Crippen molar-refractivity contribution in [3.63, 3.8) is 0 Å². The van der Waals surface area contributed by atoms with Gasteiger partial charge in [0.2, 0.25) is 0 Å². The number of anilines is 1. The molecule has 2 N–H and O–H groups in total. The minimum atomic E-state index is -4.46. The van der Waals surface area contributed by atoms with Crippen molar-refractivity contribution in [2.45, 2.75) is 18.7 Å². The number of thioether (sulfide) groups is 1. The standard InChI is InChI=1S/C11H15F3N2OS/c1-10(17,7-18-2)6-15-9-5-3-4-8(16-9)11(12,13)14/h3-5,17H,6-7H2,1-2H3,(H,15,16)/t10-/m1/s1. The lowest BCUT2D eigenvalue weighted by Gasteiger charge is -2.23. The van der Waals surface area contributed by atoms with Gasteiger partial charge in [-0.2, -0.15) is 24.9 Å². The maximum atomic E-state index is 12.4. The molecule has 1 heterocycles. The minimum Gasteiger partial charge on any atom is -0.387 e. The summed E-state index contributed by atoms with van der Waals surface area (Å²) in [7, 11) is 0. The lowest BCUT2D eigenvalue weighted by Crippen LogP contribution is -2.36. The third-order valence-corrected chi connectivity index (χ3v) is 3.06. The molecule has 0 saturated carbocycles. The smallest absolute Gasteiger partial charge is 0.387 e. The van der Waals surface area contributed by atoms with Crippen LogP contribution in [0.25, 0.3) is 0 Å². The zero-order chi connectivity index (χ0) is 13.8. The van der Waals surface area contributed by atoms with Crippen molar-refractivity contribution in [1.29, 1.82) is 0 Å². The van der Waals surface area contributed by atoms with E-state index in [0.717, 1.165) is 6.07 Å². The number of aromatic nitrogens is 1. The quantitative estimate of drug-likeness (QED) is 0.870. The Labute approximate surface area is 108 Å². The molecule has 0 saturated heterocycles. The second kappa shape index (κ2) is 5.79. The second-order valence-electron chi connectivity index (χ2n) is 4.19. The number of hydrogen-bond acceptors (Lipinski definition) is 4. The van der Waals surface area contributed by atoms with Crippen LogP contribution in [0.3, 0.4) is 0 Å². The maximum Gasteiger partial charge on any atom is 0.433 e. The molecule has 7 heteroatoms. The van der Waals surface area contributed by atoms with Crippen molar-refractivity contribution >= 4 is 17.6 Å². The van der Waals surface area contributed by atoms with Crippen LogP contribution in [0.5, 0.6) is 0 Å². The van der Waals surface area contributed by atoms with Crippen LogP contribution in [0.1, 0.15) is 12.6 Å². The van der Waals surface area contributed by atoms with E-state index in [1.54, 1.807) is 6.92 Å². The topological polar surface area (TPSA) is 45.1 Å². The van der Waals surface area contributed by atoms with E-state index in [4.69, 9.17) is 0 Å². The van der Waals surface area contributed by atoms with Crippen molar-refractivity contribution in [3.8, 4) is 0 Å². The molecule has 1 aromatic heterocycles. The highest BCUT2D eigenvalue weighted by Gasteiger charge is 2.32. The molecule has 18 heavy (non-hydrogen) atoms. The first-order chi connectivity index (χ1) is 8.24. The van der Waals surface area contributed by atoms with E-state index in [1.807, 2.05) is 6.26 Å². The molecule has 1 aromatic rings. The largest absolute Gasteiger partial charge is 0.433 e. The Balaban J connectivity index is 2.69. The van der Waals surface area contributed by atoms with Crippen LogP contribution in [0, 0.1) is 0 Å². The highest BCUT2D eigenvalue weighted by Crippen LogP contribution is 2.28. The average Bonchev–Trinajstić information content (AvgIpc) is 2.26. The fourth-order valence-electron chi connectivity index (χ4n) is 1.33. The van der Waals surface area contributed by atoms with E-state index in [2.05, 4.69) is 10.3 Å². The molecule has 1 atom stereocenters. The molecule has 0 spiro atoms. The van der Waals surface area contributed by atoms with Gasteiger partial charge in [-0.1, -0.05) is 6.07 Å². The number of alkyl halides is 3. The Morgan fingerprint density at radius 2 is 2.06 bits per heavy atom. The highest BCUT2D eigenvalue weighted by molar-refractivity contribution is 7.98. The normalized spacial score (nSPS) is 15.2. The molecule has 0 fully saturated rings. The van der Waals surface area contributed by atoms with Crippen molar-refractivity contribution in [3.05, 3.63) is 23.9 Å². The third kappa shape index (κ3) is 4.73. The van der Waals surface area contributed by atoms with E-state index in [-0.39, 0.29) is 12.4 Å². The summed E-state index contributed by atoms with van der Waals surface area (Å²) < 4.78 is 37.3. The van der Waals surface area contributed by atoms with Gasteiger partial charge < -0.3 is 10.4 Å². The molecule has 0 aliphatic carbocycles. The molecular formula is C11H15F3N2OS. The number of nitrogens with zero attached hydrogens (tertiary/aromatic N) is 1. The predicted octanol–water partition coefficient (Wildman–Crippen LogP) is 2.63. The number of halogens is 3. The summed E-state index contributed by atoms with van der Waals surface area (Å²) >= 11 is 1.46. The third-order valence-electron chi connectivity index (χ3n) is 2.15. The number of aliphatic hydroxyl groups is 1. The highest BCUT2D eigenvalue weighted by atomic mass is 32.2. The molecular weight excluding hydrogens is 265 g/mol. The van der Waals surface area contributed by atoms with Gasteiger partial charge in [0.25, 0.3) is 0 Å². The van der Waals surface area contributed by atoms with E-state index in [9.17, 15) is 18.3 Å². The van der Waals surface area contributed by atoms with Crippen molar-refractivity contribution < 1.29 is 18.3 Å². The molecule has 0 aromatic carbocycles. The van der Waals surface area contributed by atoms with Crippen molar-refractivity contribution in [1.82, 2.24) is 4.98 Å². The molecule has 0 unspecified atom stereocenters. The molecule has 0 bridgehead atoms.